The molecule has 2 aromatic carbocycles. The molecule has 0 heterocycles. The molecule has 0 unspecified atom stereocenters. The Balaban J connectivity index is 2.21. The number of anilines is 1. The first kappa shape index (κ1) is 16.1. The van der Waals surface area contributed by atoms with Gasteiger partial charge in [0, 0.05) is 11.3 Å². The fourth-order valence-corrected chi connectivity index (χ4v) is 1.96. The largest absolute Gasteiger partial charge is 0.497 e. The molecule has 1 amide bonds. The van der Waals surface area contributed by atoms with Gasteiger partial charge in [0.25, 0.3) is 5.91 Å². The topological polar surface area (TPSA) is 71.3 Å². The number of hydrogen-bond acceptors (Lipinski definition) is 4. The minimum Gasteiger partial charge on any atom is -0.497 e. The molecule has 1 N–H and O–H groups in total. The highest BCUT2D eigenvalue weighted by atomic mass is 16.5. The van der Waals surface area contributed by atoms with Crippen LogP contribution < -0.4 is 14.8 Å². The zero-order valence-electron chi connectivity index (χ0n) is 12.9. The Hall–Kier alpha value is -3.26. The van der Waals surface area contributed by atoms with Crippen LogP contribution in [0.15, 0.2) is 54.1 Å². The summed E-state index contributed by atoms with van der Waals surface area (Å²) in [6, 6.07) is 15.9. The number of carbonyl (C=O) groups excluding carboxylic acids is 1. The molecule has 0 radical (unpaired) electrons. The van der Waals surface area contributed by atoms with E-state index in [9.17, 15) is 10.1 Å². The Morgan fingerprint density at radius 1 is 1.09 bits per heavy atom. The third-order valence-electron chi connectivity index (χ3n) is 3.15. The Morgan fingerprint density at radius 3 is 2.39 bits per heavy atom. The van der Waals surface area contributed by atoms with Crippen LogP contribution in [0.3, 0.4) is 0 Å². The van der Waals surface area contributed by atoms with E-state index >= 15 is 0 Å². The van der Waals surface area contributed by atoms with Crippen LogP contribution >= 0.6 is 0 Å². The Labute approximate surface area is 134 Å². The van der Waals surface area contributed by atoms with E-state index in [-0.39, 0.29) is 5.57 Å². The van der Waals surface area contributed by atoms with Crippen molar-refractivity contribution in [3.8, 4) is 17.6 Å². The maximum Gasteiger partial charge on any atom is 0.266 e. The van der Waals surface area contributed by atoms with Gasteiger partial charge in [0.15, 0.2) is 0 Å². The minimum absolute atomic E-state index is 0.00896. The molecule has 0 bridgehead atoms. The second-order valence-corrected chi connectivity index (χ2v) is 4.59. The Bertz CT molecular complexity index is 759. The molecule has 0 aliphatic heterocycles. The second-order valence-electron chi connectivity index (χ2n) is 4.59. The Morgan fingerprint density at radius 2 is 1.78 bits per heavy atom. The SMILES string of the molecule is COc1ccc(NC(=O)/C(C#N)=C/c2ccccc2OC)cc1. The monoisotopic (exact) mass is 308 g/mol. The quantitative estimate of drug-likeness (QED) is 0.680. The maximum atomic E-state index is 12.2. The fourth-order valence-electron chi connectivity index (χ4n) is 1.96. The van der Waals surface area contributed by atoms with Gasteiger partial charge in [-0.05, 0) is 36.4 Å². The summed E-state index contributed by atoms with van der Waals surface area (Å²) < 4.78 is 10.3. The average Bonchev–Trinajstić information content (AvgIpc) is 2.60. The number of hydrogen-bond donors (Lipinski definition) is 1. The van der Waals surface area contributed by atoms with E-state index in [1.165, 1.54) is 13.2 Å². The number of rotatable bonds is 5. The lowest BCUT2D eigenvalue weighted by Gasteiger charge is -2.07. The van der Waals surface area contributed by atoms with Crippen molar-refractivity contribution in [2.75, 3.05) is 19.5 Å². The number of amides is 1. The number of benzene rings is 2. The fraction of sp³-hybridized carbons (Fsp3) is 0.111. The first-order chi connectivity index (χ1) is 11.2. The van der Waals surface area contributed by atoms with Crippen LogP contribution in [0.4, 0.5) is 5.69 Å². The zero-order chi connectivity index (χ0) is 16.7. The molecule has 2 rings (SSSR count). The van der Waals surface area contributed by atoms with Gasteiger partial charge in [-0.15, -0.1) is 0 Å². The van der Waals surface area contributed by atoms with E-state index < -0.39 is 5.91 Å². The van der Waals surface area contributed by atoms with Crippen LogP contribution in [-0.4, -0.2) is 20.1 Å². The molecule has 0 aliphatic rings. The molecule has 5 heteroatoms. The lowest BCUT2D eigenvalue weighted by Crippen LogP contribution is -2.13. The van der Waals surface area contributed by atoms with E-state index in [2.05, 4.69) is 5.32 Å². The van der Waals surface area contributed by atoms with Gasteiger partial charge in [-0.1, -0.05) is 18.2 Å². The molecule has 0 spiro atoms. The molecule has 0 aromatic heterocycles. The molecule has 116 valence electrons. The summed E-state index contributed by atoms with van der Waals surface area (Å²) >= 11 is 0. The average molecular weight is 308 g/mol. The molecular weight excluding hydrogens is 292 g/mol. The normalized spacial score (nSPS) is 10.6. The number of para-hydroxylation sites is 1. The standard InChI is InChI=1S/C18H16N2O3/c1-22-16-9-7-15(8-10-16)20-18(21)14(12-19)11-13-5-3-4-6-17(13)23-2/h3-11H,1-2H3,(H,20,21)/b14-11+. The number of methoxy groups -OCH3 is 2. The molecule has 0 aliphatic carbocycles. The van der Waals surface area contributed by atoms with Crippen LogP contribution in [0.25, 0.3) is 6.08 Å². The molecule has 5 nitrogen and oxygen atoms in total. The van der Waals surface area contributed by atoms with Crippen LogP contribution in [-0.2, 0) is 4.79 Å². The van der Waals surface area contributed by atoms with Gasteiger partial charge >= 0.3 is 0 Å². The van der Waals surface area contributed by atoms with Crippen molar-refractivity contribution in [1.29, 1.82) is 5.26 Å². The molecule has 0 saturated carbocycles. The lowest BCUT2D eigenvalue weighted by atomic mass is 10.1. The number of nitriles is 1. The van der Waals surface area contributed by atoms with Crippen molar-refractivity contribution in [3.05, 3.63) is 59.7 Å². The number of nitrogens with one attached hydrogen (secondary N) is 1. The molecule has 2 aromatic rings. The number of ether oxygens (including phenoxy) is 2. The van der Waals surface area contributed by atoms with Crippen LogP contribution in [0, 0.1) is 11.3 Å². The predicted octanol–water partition coefficient (Wildman–Crippen LogP) is 3.25. The highest BCUT2D eigenvalue weighted by Crippen LogP contribution is 2.21. The van der Waals surface area contributed by atoms with E-state index in [0.29, 0.717) is 22.7 Å². The lowest BCUT2D eigenvalue weighted by molar-refractivity contribution is -0.112. The van der Waals surface area contributed by atoms with Crippen LogP contribution in [0.1, 0.15) is 5.56 Å². The van der Waals surface area contributed by atoms with E-state index in [4.69, 9.17) is 9.47 Å². The minimum atomic E-state index is -0.483. The summed E-state index contributed by atoms with van der Waals surface area (Å²) in [5, 5.41) is 11.9. The molecular formula is C18H16N2O3. The predicted molar refractivity (Wildman–Crippen MR) is 88.2 cm³/mol. The molecule has 23 heavy (non-hydrogen) atoms. The summed E-state index contributed by atoms with van der Waals surface area (Å²) in [6.45, 7) is 0. The van der Waals surface area contributed by atoms with Gasteiger partial charge in [-0.25, -0.2) is 0 Å². The first-order valence-corrected chi connectivity index (χ1v) is 6.88. The van der Waals surface area contributed by atoms with Gasteiger partial charge in [-0.2, -0.15) is 5.26 Å². The van der Waals surface area contributed by atoms with Crippen molar-refractivity contribution in [3.63, 3.8) is 0 Å². The molecule has 0 atom stereocenters. The van der Waals surface area contributed by atoms with Crippen molar-refractivity contribution >= 4 is 17.7 Å². The summed E-state index contributed by atoms with van der Waals surface area (Å²) in [7, 11) is 3.10. The smallest absolute Gasteiger partial charge is 0.266 e. The van der Waals surface area contributed by atoms with E-state index in [1.54, 1.807) is 43.5 Å². The van der Waals surface area contributed by atoms with Crippen LogP contribution in [0.2, 0.25) is 0 Å². The Kier molecular flexibility index (Phi) is 5.37. The van der Waals surface area contributed by atoms with Crippen molar-refractivity contribution < 1.29 is 14.3 Å². The summed E-state index contributed by atoms with van der Waals surface area (Å²) in [6.07, 6.45) is 1.50. The number of carbonyl (C=O) groups is 1. The van der Waals surface area contributed by atoms with Gasteiger partial charge < -0.3 is 14.8 Å². The molecule has 0 saturated heterocycles. The summed E-state index contributed by atoms with van der Waals surface area (Å²) in [4.78, 5) is 12.2. The van der Waals surface area contributed by atoms with E-state index in [0.717, 1.165) is 0 Å². The summed E-state index contributed by atoms with van der Waals surface area (Å²) in [5.74, 6) is 0.800. The van der Waals surface area contributed by atoms with Crippen molar-refractivity contribution in [1.82, 2.24) is 0 Å². The van der Waals surface area contributed by atoms with Gasteiger partial charge in [0.05, 0.1) is 14.2 Å². The zero-order valence-corrected chi connectivity index (χ0v) is 12.9. The molecule has 0 fully saturated rings. The third kappa shape index (κ3) is 4.11. The van der Waals surface area contributed by atoms with E-state index in [1.807, 2.05) is 18.2 Å². The maximum absolute atomic E-state index is 12.2. The third-order valence-corrected chi connectivity index (χ3v) is 3.15. The number of nitrogens with zero attached hydrogens (tertiary/aromatic N) is 1. The van der Waals surface area contributed by atoms with Crippen molar-refractivity contribution in [2.45, 2.75) is 0 Å². The highest BCUT2D eigenvalue weighted by molar-refractivity contribution is 6.09. The van der Waals surface area contributed by atoms with Gasteiger partial charge in [0.1, 0.15) is 23.1 Å². The van der Waals surface area contributed by atoms with Crippen molar-refractivity contribution in [2.24, 2.45) is 0 Å². The van der Waals surface area contributed by atoms with Crippen LogP contribution in [0.5, 0.6) is 11.5 Å². The highest BCUT2D eigenvalue weighted by Gasteiger charge is 2.11. The summed E-state index contributed by atoms with van der Waals surface area (Å²) in [5.41, 5.74) is 1.23. The second kappa shape index (κ2) is 7.66. The van der Waals surface area contributed by atoms with Gasteiger partial charge in [0.2, 0.25) is 0 Å². The first-order valence-electron chi connectivity index (χ1n) is 6.88. The van der Waals surface area contributed by atoms with Gasteiger partial charge in [-0.3, -0.25) is 4.79 Å².